The SMILES string of the molecule is CNC(=O)C1CNCCN1C(=O)C1C2CCCC21. The van der Waals surface area contributed by atoms with Gasteiger partial charge in [-0.2, -0.15) is 0 Å². The quantitative estimate of drug-likeness (QED) is 0.700. The predicted molar refractivity (Wildman–Crippen MR) is 66.8 cm³/mol. The van der Waals surface area contributed by atoms with Crippen LogP contribution in [0.3, 0.4) is 0 Å². The number of amides is 2. The summed E-state index contributed by atoms with van der Waals surface area (Å²) in [5, 5.41) is 5.85. The summed E-state index contributed by atoms with van der Waals surface area (Å²) in [6, 6.07) is -0.322. The van der Waals surface area contributed by atoms with Crippen molar-refractivity contribution in [3.8, 4) is 0 Å². The molecule has 0 aromatic rings. The number of rotatable bonds is 2. The molecule has 3 fully saturated rings. The van der Waals surface area contributed by atoms with Gasteiger partial charge in [-0.05, 0) is 24.7 Å². The molecule has 0 aromatic heterocycles. The molecule has 1 saturated heterocycles. The Kier molecular flexibility index (Phi) is 3.01. The molecule has 1 heterocycles. The van der Waals surface area contributed by atoms with E-state index in [-0.39, 0.29) is 23.8 Å². The van der Waals surface area contributed by atoms with Crippen LogP contribution in [-0.4, -0.2) is 49.4 Å². The Labute approximate surface area is 107 Å². The molecular weight excluding hydrogens is 230 g/mol. The number of carbonyl (C=O) groups is 2. The first-order valence-corrected chi connectivity index (χ1v) is 6.97. The lowest BCUT2D eigenvalue weighted by Gasteiger charge is -2.35. The second-order valence-electron chi connectivity index (χ2n) is 5.65. The van der Waals surface area contributed by atoms with Gasteiger partial charge in [0.2, 0.25) is 11.8 Å². The van der Waals surface area contributed by atoms with Crippen molar-refractivity contribution in [1.82, 2.24) is 15.5 Å². The van der Waals surface area contributed by atoms with Gasteiger partial charge in [0, 0.05) is 32.6 Å². The average molecular weight is 251 g/mol. The summed E-state index contributed by atoms with van der Waals surface area (Å²) in [5.74, 6) is 1.64. The first kappa shape index (κ1) is 12.0. The zero-order chi connectivity index (χ0) is 12.7. The monoisotopic (exact) mass is 251 g/mol. The van der Waals surface area contributed by atoms with Crippen LogP contribution in [-0.2, 0) is 9.59 Å². The maximum absolute atomic E-state index is 12.5. The van der Waals surface area contributed by atoms with E-state index in [9.17, 15) is 9.59 Å². The predicted octanol–water partition coefficient (Wildman–Crippen LogP) is -0.421. The Morgan fingerprint density at radius 3 is 2.67 bits per heavy atom. The molecule has 2 N–H and O–H groups in total. The van der Waals surface area contributed by atoms with Crippen molar-refractivity contribution in [3.05, 3.63) is 0 Å². The van der Waals surface area contributed by atoms with Crippen LogP contribution < -0.4 is 10.6 Å². The van der Waals surface area contributed by atoms with Crippen molar-refractivity contribution in [2.45, 2.75) is 25.3 Å². The Morgan fingerprint density at radius 1 is 1.28 bits per heavy atom. The van der Waals surface area contributed by atoms with E-state index < -0.39 is 0 Å². The maximum atomic E-state index is 12.5. The van der Waals surface area contributed by atoms with Crippen LogP contribution in [0.5, 0.6) is 0 Å². The van der Waals surface area contributed by atoms with Gasteiger partial charge in [-0.25, -0.2) is 0 Å². The first-order valence-electron chi connectivity index (χ1n) is 6.97. The van der Waals surface area contributed by atoms with Crippen LogP contribution in [0.15, 0.2) is 0 Å². The van der Waals surface area contributed by atoms with E-state index in [2.05, 4.69) is 10.6 Å². The minimum atomic E-state index is -0.322. The highest BCUT2D eigenvalue weighted by Gasteiger charge is 2.58. The van der Waals surface area contributed by atoms with E-state index in [1.54, 1.807) is 11.9 Å². The van der Waals surface area contributed by atoms with Crippen LogP contribution in [0, 0.1) is 17.8 Å². The second kappa shape index (κ2) is 4.53. The molecule has 5 nitrogen and oxygen atoms in total. The molecule has 1 aliphatic heterocycles. The molecule has 3 aliphatic rings. The van der Waals surface area contributed by atoms with Gasteiger partial charge in [0.05, 0.1) is 0 Å². The fraction of sp³-hybridized carbons (Fsp3) is 0.846. The van der Waals surface area contributed by atoms with Crippen molar-refractivity contribution in [2.75, 3.05) is 26.7 Å². The Morgan fingerprint density at radius 2 is 2.00 bits per heavy atom. The molecule has 3 unspecified atom stereocenters. The maximum Gasteiger partial charge on any atom is 0.243 e. The number of carbonyl (C=O) groups excluding carboxylic acids is 2. The molecule has 0 radical (unpaired) electrons. The van der Waals surface area contributed by atoms with Gasteiger partial charge in [-0.3, -0.25) is 9.59 Å². The van der Waals surface area contributed by atoms with E-state index in [4.69, 9.17) is 0 Å². The summed E-state index contributed by atoms with van der Waals surface area (Å²) in [5.41, 5.74) is 0. The molecule has 3 rings (SSSR count). The molecule has 2 aliphatic carbocycles. The lowest BCUT2D eigenvalue weighted by atomic mass is 10.1. The van der Waals surface area contributed by atoms with Crippen LogP contribution >= 0.6 is 0 Å². The van der Waals surface area contributed by atoms with Crippen LogP contribution in [0.2, 0.25) is 0 Å². The molecule has 3 atom stereocenters. The third-order valence-corrected chi connectivity index (χ3v) is 4.77. The minimum absolute atomic E-state index is 0.0543. The van der Waals surface area contributed by atoms with Gasteiger partial charge in [-0.1, -0.05) is 6.42 Å². The Bertz CT molecular complexity index is 361. The van der Waals surface area contributed by atoms with Crippen molar-refractivity contribution in [3.63, 3.8) is 0 Å². The van der Waals surface area contributed by atoms with E-state index in [1.165, 1.54) is 19.3 Å². The third kappa shape index (κ3) is 1.81. The van der Waals surface area contributed by atoms with E-state index >= 15 is 0 Å². The normalized spacial score (nSPS) is 38.2. The number of nitrogens with one attached hydrogen (secondary N) is 2. The minimum Gasteiger partial charge on any atom is -0.357 e. The molecule has 0 spiro atoms. The van der Waals surface area contributed by atoms with Crippen LogP contribution in [0.25, 0.3) is 0 Å². The highest BCUT2D eigenvalue weighted by atomic mass is 16.2. The standard InChI is InChI=1S/C13H21N3O2/c1-14-12(17)10-7-15-5-6-16(10)13(18)11-8-3-2-4-9(8)11/h8-11,15H,2-7H2,1H3,(H,14,17). The molecule has 0 bridgehead atoms. The van der Waals surface area contributed by atoms with Crippen LogP contribution in [0.4, 0.5) is 0 Å². The van der Waals surface area contributed by atoms with Gasteiger partial charge in [0.1, 0.15) is 6.04 Å². The smallest absolute Gasteiger partial charge is 0.243 e. The number of likely N-dealkylation sites (N-methyl/N-ethyl adjacent to an activating group) is 1. The van der Waals surface area contributed by atoms with E-state index in [0.717, 1.165) is 6.54 Å². The fourth-order valence-electron chi connectivity index (χ4n) is 3.75. The number of nitrogens with zero attached hydrogens (tertiary/aromatic N) is 1. The van der Waals surface area contributed by atoms with Gasteiger partial charge >= 0.3 is 0 Å². The lowest BCUT2D eigenvalue weighted by molar-refractivity contribution is -0.143. The molecular formula is C13H21N3O2. The highest BCUT2D eigenvalue weighted by Crippen LogP contribution is 2.58. The summed E-state index contributed by atoms with van der Waals surface area (Å²) < 4.78 is 0. The Balaban J connectivity index is 1.69. The summed E-state index contributed by atoms with van der Waals surface area (Å²) >= 11 is 0. The number of hydrogen-bond acceptors (Lipinski definition) is 3. The summed E-state index contributed by atoms with van der Waals surface area (Å²) in [4.78, 5) is 26.2. The summed E-state index contributed by atoms with van der Waals surface area (Å²) in [6.45, 7) is 2.03. The highest BCUT2D eigenvalue weighted by molar-refractivity contribution is 5.90. The van der Waals surface area contributed by atoms with Crippen molar-refractivity contribution in [1.29, 1.82) is 0 Å². The number of hydrogen-bond donors (Lipinski definition) is 2. The molecule has 100 valence electrons. The molecule has 2 saturated carbocycles. The molecule has 18 heavy (non-hydrogen) atoms. The molecule has 5 heteroatoms. The van der Waals surface area contributed by atoms with Gasteiger partial charge in [0.15, 0.2) is 0 Å². The van der Waals surface area contributed by atoms with Gasteiger partial charge < -0.3 is 15.5 Å². The largest absolute Gasteiger partial charge is 0.357 e. The lowest BCUT2D eigenvalue weighted by Crippen LogP contribution is -2.59. The fourth-order valence-corrected chi connectivity index (χ4v) is 3.75. The first-order chi connectivity index (χ1) is 8.74. The molecule has 0 aromatic carbocycles. The average Bonchev–Trinajstić information content (AvgIpc) is 2.89. The van der Waals surface area contributed by atoms with Gasteiger partial charge in [0.25, 0.3) is 0 Å². The van der Waals surface area contributed by atoms with E-state index in [0.29, 0.717) is 24.9 Å². The number of piperazine rings is 1. The molecule has 2 amide bonds. The van der Waals surface area contributed by atoms with Gasteiger partial charge in [-0.15, -0.1) is 0 Å². The summed E-state index contributed by atoms with van der Waals surface area (Å²) in [6.07, 6.45) is 3.69. The summed E-state index contributed by atoms with van der Waals surface area (Å²) in [7, 11) is 1.63. The number of fused-ring (bicyclic) bond motifs is 1. The van der Waals surface area contributed by atoms with Crippen LogP contribution in [0.1, 0.15) is 19.3 Å². The Hall–Kier alpha value is -1.10. The third-order valence-electron chi connectivity index (χ3n) is 4.77. The van der Waals surface area contributed by atoms with Crippen molar-refractivity contribution in [2.24, 2.45) is 17.8 Å². The topological polar surface area (TPSA) is 61.4 Å². The zero-order valence-electron chi connectivity index (χ0n) is 10.8. The van der Waals surface area contributed by atoms with Crippen molar-refractivity contribution >= 4 is 11.8 Å². The van der Waals surface area contributed by atoms with E-state index in [1.807, 2.05) is 0 Å². The van der Waals surface area contributed by atoms with Crippen molar-refractivity contribution < 1.29 is 9.59 Å². The second-order valence-corrected chi connectivity index (χ2v) is 5.65. The zero-order valence-corrected chi connectivity index (χ0v) is 10.8.